The van der Waals surface area contributed by atoms with Crippen LogP contribution in [0.5, 0.6) is 0 Å². The monoisotopic (exact) mass is 315 g/mol. The van der Waals surface area contributed by atoms with Gasteiger partial charge in [-0.3, -0.25) is 0 Å². The molecule has 0 aliphatic rings. The van der Waals surface area contributed by atoms with Crippen LogP contribution in [0.2, 0.25) is 18.1 Å². The van der Waals surface area contributed by atoms with Gasteiger partial charge in [0.1, 0.15) is 6.10 Å². The predicted molar refractivity (Wildman–Crippen MR) is 80.4 cm³/mol. The van der Waals surface area contributed by atoms with Crippen molar-refractivity contribution >= 4 is 14.4 Å². The van der Waals surface area contributed by atoms with Gasteiger partial charge in [0, 0.05) is 7.05 Å². The molecule has 9 heteroatoms. The fourth-order valence-electron chi connectivity index (χ4n) is 1.62. The third kappa shape index (κ3) is 4.24. The zero-order valence-electron chi connectivity index (χ0n) is 13.7. The number of carbonyl (C=O) groups is 1. The van der Waals surface area contributed by atoms with Crippen molar-refractivity contribution in [3.63, 3.8) is 0 Å². The summed E-state index contributed by atoms with van der Waals surface area (Å²) in [6.45, 7) is 12.3. The van der Waals surface area contributed by atoms with Crippen LogP contribution in [0.3, 0.4) is 0 Å². The van der Waals surface area contributed by atoms with Crippen molar-refractivity contribution in [3.8, 4) is 0 Å². The summed E-state index contributed by atoms with van der Waals surface area (Å²) in [4.78, 5) is 10.9. The Bertz CT molecular complexity index is 497. The number of carboxylic acid groups (broad SMARTS) is 1. The summed E-state index contributed by atoms with van der Waals surface area (Å²) in [6.07, 6.45) is -1.62. The molecule has 0 saturated carbocycles. The van der Waals surface area contributed by atoms with Gasteiger partial charge in [0.25, 0.3) is 0 Å². The van der Waals surface area contributed by atoms with Crippen molar-refractivity contribution in [2.75, 3.05) is 0 Å². The molecule has 1 rings (SSSR count). The van der Waals surface area contributed by atoms with Gasteiger partial charge in [-0.15, -0.1) is 5.10 Å². The molecule has 0 bridgehead atoms. The van der Waals surface area contributed by atoms with Crippen LogP contribution < -0.4 is 5.32 Å². The Balaban J connectivity index is 3.09. The molecule has 120 valence electrons. The summed E-state index contributed by atoms with van der Waals surface area (Å²) in [6, 6.07) is -0.457. The highest BCUT2D eigenvalue weighted by atomic mass is 28.4. The van der Waals surface area contributed by atoms with Gasteiger partial charge in [-0.1, -0.05) is 20.8 Å². The number of hydrogen-bond acceptors (Lipinski definition) is 5. The smallest absolute Gasteiger partial charge is 0.404 e. The van der Waals surface area contributed by atoms with E-state index in [4.69, 9.17) is 9.53 Å². The van der Waals surface area contributed by atoms with Crippen molar-refractivity contribution in [1.29, 1.82) is 0 Å². The van der Waals surface area contributed by atoms with Gasteiger partial charge < -0.3 is 14.8 Å². The van der Waals surface area contributed by atoms with E-state index in [2.05, 4.69) is 54.7 Å². The zero-order valence-corrected chi connectivity index (χ0v) is 14.7. The highest BCUT2D eigenvalue weighted by Crippen LogP contribution is 2.40. The molecule has 1 heterocycles. The van der Waals surface area contributed by atoms with Gasteiger partial charge in [-0.05, 0) is 35.5 Å². The summed E-state index contributed by atoms with van der Waals surface area (Å²) in [5.41, 5.74) is 0. The summed E-state index contributed by atoms with van der Waals surface area (Å²) >= 11 is 0. The average molecular weight is 315 g/mol. The molecule has 0 radical (unpaired) electrons. The number of hydrogen-bond donors (Lipinski definition) is 2. The average Bonchev–Trinajstić information content (AvgIpc) is 2.69. The van der Waals surface area contributed by atoms with E-state index in [-0.39, 0.29) is 5.04 Å². The molecular formula is C12H25N5O3Si. The molecule has 2 atom stereocenters. The van der Waals surface area contributed by atoms with Crippen molar-refractivity contribution in [3.05, 3.63) is 5.82 Å². The fourth-order valence-corrected chi connectivity index (χ4v) is 2.92. The molecule has 0 unspecified atom stereocenters. The summed E-state index contributed by atoms with van der Waals surface area (Å²) in [5, 5.41) is 22.8. The minimum absolute atomic E-state index is 0.000213. The number of aryl methyl sites for hydroxylation is 1. The van der Waals surface area contributed by atoms with Crippen molar-refractivity contribution in [2.45, 2.75) is 58.0 Å². The molecular weight excluding hydrogens is 290 g/mol. The van der Waals surface area contributed by atoms with Crippen LogP contribution >= 0.6 is 0 Å². The lowest BCUT2D eigenvalue weighted by Gasteiger charge is -2.40. The molecule has 0 aliphatic carbocycles. The molecule has 0 spiro atoms. The summed E-state index contributed by atoms with van der Waals surface area (Å²) in [7, 11) is -0.390. The molecule has 0 aliphatic heterocycles. The van der Waals surface area contributed by atoms with E-state index in [0.29, 0.717) is 5.82 Å². The molecule has 0 aromatic carbocycles. The van der Waals surface area contributed by atoms with E-state index >= 15 is 0 Å². The Morgan fingerprint density at radius 2 is 2.00 bits per heavy atom. The Kier molecular flexibility index (Phi) is 5.10. The van der Waals surface area contributed by atoms with Crippen LogP contribution in [0.25, 0.3) is 0 Å². The lowest BCUT2D eigenvalue weighted by molar-refractivity contribution is 0.123. The van der Waals surface area contributed by atoms with Crippen LogP contribution in [-0.4, -0.2) is 45.8 Å². The van der Waals surface area contributed by atoms with E-state index in [1.54, 1.807) is 14.0 Å². The zero-order chi connectivity index (χ0) is 16.4. The topological polar surface area (TPSA) is 102 Å². The first-order valence-corrected chi connectivity index (χ1v) is 9.76. The number of nitrogens with one attached hydrogen (secondary N) is 1. The molecule has 1 aromatic rings. The first kappa shape index (κ1) is 17.6. The van der Waals surface area contributed by atoms with Gasteiger partial charge in [-0.25, -0.2) is 9.48 Å². The highest BCUT2D eigenvalue weighted by Gasteiger charge is 2.42. The lowest BCUT2D eigenvalue weighted by Crippen LogP contribution is -2.47. The van der Waals surface area contributed by atoms with Crippen molar-refractivity contribution in [2.24, 2.45) is 7.05 Å². The van der Waals surface area contributed by atoms with Gasteiger partial charge in [0.2, 0.25) is 0 Å². The largest absolute Gasteiger partial charge is 0.465 e. The standard InChI is InChI=1S/C12H25N5O3Si/c1-8(13-11(18)19)9(10-14-15-16-17(10)5)20-21(6,7)12(2,3)4/h8-9,13H,1-7H3,(H,18,19)/t8-,9-/m0/s1. The number of amides is 1. The SMILES string of the molecule is C[C@H](NC(=O)O)[C@H](O[Si](C)(C)C(C)(C)C)c1nnnn1C. The second-order valence-electron chi connectivity index (χ2n) is 6.70. The second kappa shape index (κ2) is 6.10. The van der Waals surface area contributed by atoms with E-state index < -0.39 is 26.6 Å². The molecule has 0 saturated heterocycles. The van der Waals surface area contributed by atoms with E-state index in [9.17, 15) is 4.79 Å². The number of aromatic nitrogens is 4. The minimum atomic E-state index is -2.10. The third-order valence-electron chi connectivity index (χ3n) is 3.94. The van der Waals surface area contributed by atoms with Crippen LogP contribution in [0, 0.1) is 0 Å². The van der Waals surface area contributed by atoms with Crippen LogP contribution in [0.15, 0.2) is 0 Å². The molecule has 8 nitrogen and oxygen atoms in total. The fraction of sp³-hybridized carbons (Fsp3) is 0.833. The van der Waals surface area contributed by atoms with Crippen LogP contribution in [0.4, 0.5) is 4.79 Å². The van der Waals surface area contributed by atoms with Gasteiger partial charge >= 0.3 is 6.09 Å². The van der Waals surface area contributed by atoms with Crippen molar-refractivity contribution < 1.29 is 14.3 Å². The van der Waals surface area contributed by atoms with E-state index in [1.807, 2.05) is 0 Å². The van der Waals surface area contributed by atoms with E-state index in [0.717, 1.165) is 0 Å². The van der Waals surface area contributed by atoms with Gasteiger partial charge in [-0.2, -0.15) is 0 Å². The van der Waals surface area contributed by atoms with Crippen molar-refractivity contribution in [1.82, 2.24) is 25.5 Å². The first-order chi connectivity index (χ1) is 9.45. The maximum absolute atomic E-state index is 10.9. The number of tetrazole rings is 1. The van der Waals surface area contributed by atoms with Gasteiger partial charge in [0.15, 0.2) is 14.1 Å². The molecule has 1 aromatic heterocycles. The predicted octanol–water partition coefficient (Wildman–Crippen LogP) is 1.93. The Hall–Kier alpha value is -1.48. The summed E-state index contributed by atoms with van der Waals surface area (Å²) < 4.78 is 7.85. The molecule has 0 fully saturated rings. The van der Waals surface area contributed by atoms with Gasteiger partial charge in [0.05, 0.1) is 6.04 Å². The Morgan fingerprint density at radius 1 is 1.43 bits per heavy atom. The molecule has 1 amide bonds. The minimum Gasteiger partial charge on any atom is -0.465 e. The number of nitrogens with zero attached hydrogens (tertiary/aromatic N) is 4. The normalized spacial score (nSPS) is 15.6. The maximum atomic E-state index is 10.9. The van der Waals surface area contributed by atoms with E-state index in [1.165, 1.54) is 4.68 Å². The Morgan fingerprint density at radius 3 is 2.38 bits per heavy atom. The summed E-state index contributed by atoms with van der Waals surface area (Å²) in [5.74, 6) is 0.515. The van der Waals surface area contributed by atoms with Crippen LogP contribution in [-0.2, 0) is 11.5 Å². The van der Waals surface area contributed by atoms with Crippen LogP contribution in [0.1, 0.15) is 39.6 Å². The second-order valence-corrected chi connectivity index (χ2v) is 11.5. The highest BCUT2D eigenvalue weighted by molar-refractivity contribution is 6.74. The first-order valence-electron chi connectivity index (χ1n) is 6.85. The molecule has 2 N–H and O–H groups in total. The lowest BCUT2D eigenvalue weighted by atomic mass is 10.2. The quantitative estimate of drug-likeness (QED) is 0.805. The number of rotatable bonds is 5. The Labute approximate surface area is 126 Å². The maximum Gasteiger partial charge on any atom is 0.404 e. The third-order valence-corrected chi connectivity index (χ3v) is 8.40. The molecule has 21 heavy (non-hydrogen) atoms.